The topological polar surface area (TPSA) is 110 Å². The van der Waals surface area contributed by atoms with Gasteiger partial charge in [-0.3, -0.25) is 14.2 Å². The SMILES string of the molecule is CC(=O)c1ccc(NC(=O)[C@H](C)Sc2nnc(-c3ccc(O)cc3)n2Cc2ccco2)cc1. The molecule has 0 aliphatic rings. The monoisotopic (exact) mass is 462 g/mol. The van der Waals surface area contributed by atoms with Gasteiger partial charge in [0.05, 0.1) is 18.1 Å². The van der Waals surface area contributed by atoms with Crippen molar-refractivity contribution < 1.29 is 19.1 Å². The van der Waals surface area contributed by atoms with E-state index >= 15 is 0 Å². The summed E-state index contributed by atoms with van der Waals surface area (Å²) < 4.78 is 7.38. The lowest BCUT2D eigenvalue weighted by Gasteiger charge is -2.13. The smallest absolute Gasteiger partial charge is 0.237 e. The first-order chi connectivity index (χ1) is 15.9. The van der Waals surface area contributed by atoms with E-state index in [4.69, 9.17) is 4.42 Å². The summed E-state index contributed by atoms with van der Waals surface area (Å²) in [5.74, 6) is 1.25. The first-order valence-electron chi connectivity index (χ1n) is 10.2. The fourth-order valence-electron chi connectivity index (χ4n) is 3.14. The van der Waals surface area contributed by atoms with Crippen molar-refractivity contribution in [2.45, 2.75) is 30.8 Å². The van der Waals surface area contributed by atoms with Crippen LogP contribution in [0.3, 0.4) is 0 Å². The van der Waals surface area contributed by atoms with Crippen molar-refractivity contribution in [3.8, 4) is 17.1 Å². The van der Waals surface area contributed by atoms with Gasteiger partial charge in [-0.25, -0.2) is 0 Å². The minimum atomic E-state index is -0.468. The van der Waals surface area contributed by atoms with Crippen LogP contribution in [0.25, 0.3) is 11.4 Å². The molecule has 0 spiro atoms. The molecule has 1 amide bonds. The average molecular weight is 463 g/mol. The van der Waals surface area contributed by atoms with Gasteiger partial charge in [0.15, 0.2) is 16.8 Å². The van der Waals surface area contributed by atoms with Crippen LogP contribution in [0, 0.1) is 0 Å². The standard InChI is InChI=1S/C24H22N4O4S/c1-15(29)17-5-9-19(10-6-17)25-23(31)16(2)33-24-27-26-22(18-7-11-20(30)12-8-18)28(24)14-21-4-3-13-32-21/h3-13,16,30H,14H2,1-2H3,(H,25,31)/t16-/m0/s1. The second-order valence-electron chi connectivity index (χ2n) is 7.40. The number of nitrogens with one attached hydrogen (secondary N) is 1. The zero-order valence-electron chi connectivity index (χ0n) is 18.1. The van der Waals surface area contributed by atoms with Crippen molar-refractivity contribution in [3.63, 3.8) is 0 Å². The fraction of sp³-hybridized carbons (Fsp3) is 0.167. The van der Waals surface area contributed by atoms with E-state index in [1.165, 1.54) is 18.7 Å². The Labute approximate surface area is 194 Å². The number of phenolic OH excluding ortho intramolecular Hbond substituents is 1. The van der Waals surface area contributed by atoms with Crippen LogP contribution in [0.1, 0.15) is 30.0 Å². The van der Waals surface area contributed by atoms with E-state index in [1.807, 2.05) is 10.6 Å². The molecule has 0 radical (unpaired) electrons. The predicted octanol–water partition coefficient (Wildman–Crippen LogP) is 4.61. The number of aromatic hydroxyl groups is 1. The van der Waals surface area contributed by atoms with Gasteiger partial charge in [-0.1, -0.05) is 11.8 Å². The molecule has 0 saturated carbocycles. The molecule has 2 heterocycles. The summed E-state index contributed by atoms with van der Waals surface area (Å²) in [5, 5.41) is 21.2. The maximum absolute atomic E-state index is 12.8. The van der Waals surface area contributed by atoms with Crippen LogP contribution in [0.2, 0.25) is 0 Å². The number of benzene rings is 2. The van der Waals surface area contributed by atoms with Crippen molar-refractivity contribution in [2.75, 3.05) is 5.32 Å². The number of furan rings is 1. The Bertz CT molecular complexity index is 1250. The van der Waals surface area contributed by atoms with Crippen LogP contribution >= 0.6 is 11.8 Å². The number of aromatic nitrogens is 3. The highest BCUT2D eigenvalue weighted by atomic mass is 32.2. The van der Waals surface area contributed by atoms with E-state index in [0.717, 1.165) is 11.3 Å². The number of nitrogens with zero attached hydrogens (tertiary/aromatic N) is 3. The molecule has 33 heavy (non-hydrogen) atoms. The number of rotatable bonds is 8. The Hall–Kier alpha value is -3.85. The van der Waals surface area contributed by atoms with Crippen LogP contribution in [0.4, 0.5) is 5.69 Å². The molecule has 0 bridgehead atoms. The third-order valence-corrected chi connectivity index (χ3v) is 6.03. The number of amides is 1. The number of anilines is 1. The number of phenols is 1. The van der Waals surface area contributed by atoms with Gasteiger partial charge in [0, 0.05) is 16.8 Å². The summed E-state index contributed by atoms with van der Waals surface area (Å²) in [6.07, 6.45) is 1.60. The number of ketones is 1. The summed E-state index contributed by atoms with van der Waals surface area (Å²) in [7, 11) is 0. The number of thioether (sulfide) groups is 1. The highest BCUT2D eigenvalue weighted by Gasteiger charge is 2.22. The highest BCUT2D eigenvalue weighted by molar-refractivity contribution is 8.00. The van der Waals surface area contributed by atoms with Gasteiger partial charge < -0.3 is 14.8 Å². The lowest BCUT2D eigenvalue weighted by atomic mass is 10.1. The Balaban J connectivity index is 1.54. The zero-order valence-corrected chi connectivity index (χ0v) is 18.9. The van der Waals surface area contributed by atoms with E-state index in [0.29, 0.717) is 28.8 Å². The van der Waals surface area contributed by atoms with E-state index in [1.54, 1.807) is 67.8 Å². The molecule has 2 N–H and O–H groups in total. The number of hydrogen-bond acceptors (Lipinski definition) is 7. The molecule has 9 heteroatoms. The normalized spacial score (nSPS) is 11.8. The Morgan fingerprint density at radius 3 is 2.45 bits per heavy atom. The van der Waals surface area contributed by atoms with Gasteiger partial charge in [-0.15, -0.1) is 10.2 Å². The Kier molecular flexibility index (Phi) is 6.60. The van der Waals surface area contributed by atoms with E-state index in [9.17, 15) is 14.7 Å². The van der Waals surface area contributed by atoms with E-state index in [2.05, 4.69) is 15.5 Å². The molecule has 0 aliphatic heterocycles. The van der Waals surface area contributed by atoms with Crippen LogP contribution in [0.5, 0.6) is 5.75 Å². The number of carbonyl (C=O) groups excluding carboxylic acids is 2. The first kappa shape index (κ1) is 22.3. The molecule has 4 aromatic rings. The van der Waals surface area contributed by atoms with E-state index < -0.39 is 5.25 Å². The van der Waals surface area contributed by atoms with Crippen LogP contribution in [0.15, 0.2) is 76.5 Å². The third-order valence-electron chi connectivity index (χ3n) is 4.95. The number of carbonyl (C=O) groups is 2. The summed E-state index contributed by atoms with van der Waals surface area (Å²) in [5.41, 5.74) is 1.98. The molecule has 4 rings (SSSR count). The Morgan fingerprint density at radius 1 is 1.09 bits per heavy atom. The van der Waals surface area contributed by atoms with Crippen molar-refractivity contribution >= 4 is 29.1 Å². The zero-order chi connectivity index (χ0) is 23.4. The maximum atomic E-state index is 12.8. The third kappa shape index (κ3) is 5.32. The molecule has 0 unspecified atom stereocenters. The summed E-state index contributed by atoms with van der Waals surface area (Å²) >= 11 is 1.28. The quantitative estimate of drug-likeness (QED) is 0.290. The molecule has 1 atom stereocenters. The Morgan fingerprint density at radius 2 is 1.82 bits per heavy atom. The molecular weight excluding hydrogens is 440 g/mol. The predicted molar refractivity (Wildman–Crippen MR) is 125 cm³/mol. The minimum Gasteiger partial charge on any atom is -0.508 e. The van der Waals surface area contributed by atoms with Gasteiger partial charge in [-0.2, -0.15) is 0 Å². The summed E-state index contributed by atoms with van der Waals surface area (Å²) in [4.78, 5) is 24.2. The van der Waals surface area contributed by atoms with Gasteiger partial charge >= 0.3 is 0 Å². The molecule has 0 aliphatic carbocycles. The number of hydrogen-bond donors (Lipinski definition) is 2. The molecule has 2 aromatic heterocycles. The van der Waals surface area contributed by atoms with Crippen molar-refractivity contribution in [3.05, 3.63) is 78.3 Å². The van der Waals surface area contributed by atoms with Crippen LogP contribution < -0.4 is 5.32 Å². The fourth-order valence-corrected chi connectivity index (χ4v) is 3.99. The van der Waals surface area contributed by atoms with E-state index in [-0.39, 0.29) is 17.4 Å². The van der Waals surface area contributed by atoms with Crippen molar-refractivity contribution in [1.29, 1.82) is 0 Å². The van der Waals surface area contributed by atoms with Crippen molar-refractivity contribution in [1.82, 2.24) is 14.8 Å². The second kappa shape index (κ2) is 9.74. The van der Waals surface area contributed by atoms with Crippen LogP contribution in [-0.2, 0) is 11.3 Å². The van der Waals surface area contributed by atoms with Crippen LogP contribution in [-0.4, -0.2) is 36.8 Å². The number of Topliss-reactive ketones (excluding diaryl/α,β-unsaturated/α-hetero) is 1. The maximum Gasteiger partial charge on any atom is 0.237 e. The van der Waals surface area contributed by atoms with Gasteiger partial charge in [-0.05, 0) is 74.5 Å². The molecule has 2 aromatic carbocycles. The van der Waals surface area contributed by atoms with Gasteiger partial charge in [0.2, 0.25) is 5.91 Å². The lowest BCUT2D eigenvalue weighted by molar-refractivity contribution is -0.115. The van der Waals surface area contributed by atoms with Crippen molar-refractivity contribution in [2.24, 2.45) is 0 Å². The summed E-state index contributed by atoms with van der Waals surface area (Å²) in [6, 6.07) is 17.1. The molecule has 0 saturated heterocycles. The molecule has 8 nitrogen and oxygen atoms in total. The van der Waals surface area contributed by atoms with Gasteiger partial charge in [0.1, 0.15) is 11.5 Å². The largest absolute Gasteiger partial charge is 0.508 e. The second-order valence-corrected chi connectivity index (χ2v) is 8.71. The minimum absolute atomic E-state index is 0.0304. The molecular formula is C24H22N4O4S. The average Bonchev–Trinajstić information content (AvgIpc) is 3.45. The summed E-state index contributed by atoms with van der Waals surface area (Å²) in [6.45, 7) is 3.67. The molecule has 168 valence electrons. The van der Waals surface area contributed by atoms with Gasteiger partial charge in [0.25, 0.3) is 0 Å². The highest BCUT2D eigenvalue weighted by Crippen LogP contribution is 2.29. The lowest BCUT2D eigenvalue weighted by Crippen LogP contribution is -2.23. The molecule has 0 fully saturated rings. The first-order valence-corrected chi connectivity index (χ1v) is 11.1.